The van der Waals surface area contributed by atoms with Gasteiger partial charge in [0.15, 0.2) is 0 Å². The molecular formula is C21H22N4O2S. The summed E-state index contributed by atoms with van der Waals surface area (Å²) >= 11 is 1.34. The number of anilines is 1. The third kappa shape index (κ3) is 4.67. The van der Waals surface area contributed by atoms with Crippen LogP contribution in [0.3, 0.4) is 0 Å². The van der Waals surface area contributed by atoms with Crippen molar-refractivity contribution in [2.75, 3.05) is 24.2 Å². The molecule has 144 valence electrons. The molecule has 0 aliphatic rings. The molecule has 1 heterocycles. The van der Waals surface area contributed by atoms with Gasteiger partial charge in [0.05, 0.1) is 11.9 Å². The van der Waals surface area contributed by atoms with Crippen molar-refractivity contribution in [3.05, 3.63) is 60.3 Å². The topological polar surface area (TPSA) is 75.2 Å². The van der Waals surface area contributed by atoms with Gasteiger partial charge in [0.25, 0.3) is 5.91 Å². The Kier molecular flexibility index (Phi) is 6.60. The molecule has 3 aromatic rings. The summed E-state index contributed by atoms with van der Waals surface area (Å²) in [7, 11) is 0. The molecule has 0 spiro atoms. The number of fused-ring (bicyclic) bond motifs is 1. The lowest BCUT2D eigenvalue weighted by atomic mass is 10.1. The van der Waals surface area contributed by atoms with Crippen molar-refractivity contribution in [3.8, 4) is 0 Å². The van der Waals surface area contributed by atoms with Gasteiger partial charge < -0.3 is 10.2 Å². The number of rotatable bonds is 7. The van der Waals surface area contributed by atoms with Crippen LogP contribution in [0.2, 0.25) is 0 Å². The molecule has 1 N–H and O–H groups in total. The minimum atomic E-state index is -0.160. The molecule has 0 bridgehead atoms. The summed E-state index contributed by atoms with van der Waals surface area (Å²) in [6.45, 7) is 5.18. The zero-order valence-corrected chi connectivity index (χ0v) is 16.7. The van der Waals surface area contributed by atoms with Crippen LogP contribution < -0.4 is 5.32 Å². The largest absolute Gasteiger partial charge is 0.339 e. The number of carbonyl (C=O) groups is 2. The zero-order valence-electron chi connectivity index (χ0n) is 15.9. The number of benzene rings is 2. The maximum Gasteiger partial charge on any atom is 0.253 e. The Hall–Kier alpha value is -2.93. The summed E-state index contributed by atoms with van der Waals surface area (Å²) in [4.78, 5) is 26.6. The Balaban J connectivity index is 1.65. The van der Waals surface area contributed by atoms with E-state index >= 15 is 0 Å². The lowest BCUT2D eigenvalue weighted by Crippen LogP contribution is -2.30. The molecule has 3 rings (SSSR count). The van der Waals surface area contributed by atoms with Gasteiger partial charge >= 0.3 is 0 Å². The molecule has 0 unspecified atom stereocenters. The molecular weight excluding hydrogens is 372 g/mol. The predicted molar refractivity (Wildman–Crippen MR) is 113 cm³/mol. The Morgan fingerprint density at radius 2 is 1.86 bits per heavy atom. The molecule has 6 nitrogen and oxygen atoms in total. The van der Waals surface area contributed by atoms with Crippen LogP contribution in [0.5, 0.6) is 0 Å². The van der Waals surface area contributed by atoms with Crippen LogP contribution in [-0.2, 0) is 4.79 Å². The lowest BCUT2D eigenvalue weighted by Gasteiger charge is -2.19. The van der Waals surface area contributed by atoms with Gasteiger partial charge in [-0.05, 0) is 32.0 Å². The van der Waals surface area contributed by atoms with Crippen molar-refractivity contribution in [2.24, 2.45) is 0 Å². The number of hydrogen-bond donors (Lipinski definition) is 1. The van der Waals surface area contributed by atoms with Gasteiger partial charge in [-0.15, -0.1) is 5.10 Å². The smallest absolute Gasteiger partial charge is 0.253 e. The minimum absolute atomic E-state index is 0.0403. The number of aromatic nitrogens is 2. The van der Waals surface area contributed by atoms with Crippen molar-refractivity contribution in [2.45, 2.75) is 18.9 Å². The van der Waals surface area contributed by atoms with Gasteiger partial charge in [-0.3, -0.25) is 9.59 Å². The van der Waals surface area contributed by atoms with Gasteiger partial charge in [0.2, 0.25) is 5.91 Å². The van der Waals surface area contributed by atoms with E-state index in [1.54, 1.807) is 35.4 Å². The summed E-state index contributed by atoms with van der Waals surface area (Å²) in [5.41, 5.74) is 1.17. The SMILES string of the molecule is CCN(CC)C(=O)c1cccc(NC(=O)CSc2nncc3ccccc23)c1. The Morgan fingerprint density at radius 1 is 1.07 bits per heavy atom. The number of thioether (sulfide) groups is 1. The fourth-order valence-electron chi connectivity index (χ4n) is 2.86. The highest BCUT2D eigenvalue weighted by molar-refractivity contribution is 8.00. The van der Waals surface area contributed by atoms with E-state index in [2.05, 4.69) is 15.5 Å². The molecule has 1 aromatic heterocycles. The van der Waals surface area contributed by atoms with E-state index in [-0.39, 0.29) is 17.6 Å². The first-order chi connectivity index (χ1) is 13.6. The Labute approximate surface area is 168 Å². The van der Waals surface area contributed by atoms with Crippen molar-refractivity contribution >= 4 is 40.0 Å². The van der Waals surface area contributed by atoms with Gasteiger partial charge in [-0.1, -0.05) is 42.1 Å². The van der Waals surface area contributed by atoms with Gasteiger partial charge in [-0.25, -0.2) is 0 Å². The van der Waals surface area contributed by atoms with Crippen LogP contribution in [0.25, 0.3) is 10.8 Å². The van der Waals surface area contributed by atoms with Crippen LogP contribution in [0.4, 0.5) is 5.69 Å². The Morgan fingerprint density at radius 3 is 2.64 bits per heavy atom. The second kappa shape index (κ2) is 9.32. The van der Waals surface area contributed by atoms with Crippen molar-refractivity contribution in [3.63, 3.8) is 0 Å². The molecule has 0 saturated heterocycles. The molecule has 0 aliphatic heterocycles. The van der Waals surface area contributed by atoms with Crippen molar-refractivity contribution < 1.29 is 9.59 Å². The van der Waals surface area contributed by atoms with Crippen molar-refractivity contribution in [1.29, 1.82) is 0 Å². The average Bonchev–Trinajstić information content (AvgIpc) is 2.73. The number of nitrogens with zero attached hydrogens (tertiary/aromatic N) is 3. The van der Waals surface area contributed by atoms with E-state index in [0.29, 0.717) is 24.3 Å². The van der Waals surface area contributed by atoms with Crippen LogP contribution in [0.1, 0.15) is 24.2 Å². The van der Waals surface area contributed by atoms with Crippen molar-refractivity contribution in [1.82, 2.24) is 15.1 Å². The summed E-state index contributed by atoms with van der Waals surface area (Å²) < 4.78 is 0. The van der Waals surface area contributed by atoms with Crippen LogP contribution in [-0.4, -0.2) is 45.8 Å². The number of nitrogens with one attached hydrogen (secondary N) is 1. The zero-order chi connectivity index (χ0) is 19.9. The van der Waals surface area contributed by atoms with Gasteiger partial charge in [-0.2, -0.15) is 5.10 Å². The standard InChI is InChI=1S/C21H22N4O2S/c1-3-25(4-2)21(27)15-9-7-10-17(12-15)23-19(26)14-28-20-18-11-6-5-8-16(18)13-22-24-20/h5-13H,3-4,14H2,1-2H3,(H,23,26). The number of carbonyl (C=O) groups excluding carboxylic acids is 2. The monoisotopic (exact) mass is 394 g/mol. The van der Waals surface area contributed by atoms with E-state index < -0.39 is 0 Å². The fraction of sp³-hybridized carbons (Fsp3) is 0.238. The highest BCUT2D eigenvalue weighted by Gasteiger charge is 2.13. The fourth-order valence-corrected chi connectivity index (χ4v) is 3.65. The highest BCUT2D eigenvalue weighted by Crippen LogP contribution is 2.24. The second-order valence-electron chi connectivity index (χ2n) is 6.13. The molecule has 2 amide bonds. The third-order valence-electron chi connectivity index (χ3n) is 4.32. The lowest BCUT2D eigenvalue weighted by molar-refractivity contribution is -0.113. The maximum atomic E-state index is 12.5. The van der Waals surface area contributed by atoms with E-state index in [0.717, 1.165) is 15.8 Å². The summed E-state index contributed by atoms with van der Waals surface area (Å²) in [5, 5.41) is 13.7. The molecule has 0 atom stereocenters. The van der Waals surface area contributed by atoms with Gasteiger partial charge in [0, 0.05) is 35.1 Å². The Bertz CT molecular complexity index is 984. The molecule has 2 aromatic carbocycles. The predicted octanol–water partition coefficient (Wildman–Crippen LogP) is 3.84. The molecule has 0 radical (unpaired) electrons. The quantitative estimate of drug-likeness (QED) is 0.616. The second-order valence-corrected chi connectivity index (χ2v) is 7.10. The highest BCUT2D eigenvalue weighted by atomic mass is 32.2. The van der Waals surface area contributed by atoms with Crippen LogP contribution in [0.15, 0.2) is 59.8 Å². The average molecular weight is 395 g/mol. The summed E-state index contributed by atoms with van der Waals surface area (Å²) in [5.74, 6) is 0.00496. The summed E-state index contributed by atoms with van der Waals surface area (Å²) in [6, 6.07) is 14.8. The first-order valence-electron chi connectivity index (χ1n) is 9.14. The maximum absolute atomic E-state index is 12.5. The van der Waals surface area contributed by atoms with E-state index in [9.17, 15) is 9.59 Å². The van der Waals surface area contributed by atoms with E-state index in [4.69, 9.17) is 0 Å². The molecule has 7 heteroatoms. The van der Waals surface area contributed by atoms with E-state index in [1.165, 1.54) is 11.8 Å². The van der Waals surface area contributed by atoms with Crippen LogP contribution >= 0.6 is 11.8 Å². The first-order valence-corrected chi connectivity index (χ1v) is 10.1. The van der Waals surface area contributed by atoms with E-state index in [1.807, 2.05) is 38.1 Å². The number of amides is 2. The third-order valence-corrected chi connectivity index (χ3v) is 5.30. The van der Waals surface area contributed by atoms with Gasteiger partial charge in [0.1, 0.15) is 5.03 Å². The van der Waals surface area contributed by atoms with Crippen LogP contribution in [0, 0.1) is 0 Å². The molecule has 0 aliphatic carbocycles. The number of hydrogen-bond acceptors (Lipinski definition) is 5. The first kappa shape index (κ1) is 19.8. The summed E-state index contributed by atoms with van der Waals surface area (Å²) in [6.07, 6.45) is 1.71. The minimum Gasteiger partial charge on any atom is -0.339 e. The molecule has 28 heavy (non-hydrogen) atoms. The molecule has 0 saturated carbocycles. The molecule has 0 fully saturated rings. The normalized spacial score (nSPS) is 10.6.